The van der Waals surface area contributed by atoms with Gasteiger partial charge < -0.3 is 14.6 Å². The van der Waals surface area contributed by atoms with Crippen LogP contribution in [0.3, 0.4) is 0 Å². The van der Waals surface area contributed by atoms with Gasteiger partial charge in [0.1, 0.15) is 16.9 Å². The molecule has 0 aromatic heterocycles. The van der Waals surface area contributed by atoms with Crippen molar-refractivity contribution >= 4 is 5.97 Å². The van der Waals surface area contributed by atoms with Crippen LogP contribution in [0.4, 0.5) is 0 Å². The first-order chi connectivity index (χ1) is 12.6. The molecule has 3 rings (SSSR count). The van der Waals surface area contributed by atoms with E-state index in [1.807, 2.05) is 18.2 Å². The van der Waals surface area contributed by atoms with E-state index in [2.05, 4.69) is 19.1 Å². The van der Waals surface area contributed by atoms with Gasteiger partial charge in [-0.15, -0.1) is 0 Å². The molecule has 0 bridgehead atoms. The van der Waals surface area contributed by atoms with Crippen molar-refractivity contribution in [3.63, 3.8) is 0 Å². The van der Waals surface area contributed by atoms with Gasteiger partial charge in [0.15, 0.2) is 0 Å². The summed E-state index contributed by atoms with van der Waals surface area (Å²) in [7, 11) is 0. The number of hydrogen-bond donors (Lipinski definition) is 1. The molecular weight excluding hydrogens is 328 g/mol. The van der Waals surface area contributed by atoms with Gasteiger partial charge >= 0.3 is 5.97 Å². The predicted molar refractivity (Wildman–Crippen MR) is 101 cm³/mol. The summed E-state index contributed by atoms with van der Waals surface area (Å²) in [4.78, 5) is 12.6. The first-order valence-corrected chi connectivity index (χ1v) is 9.92. The maximum absolute atomic E-state index is 12.6. The maximum Gasteiger partial charge on any atom is 0.340 e. The summed E-state index contributed by atoms with van der Waals surface area (Å²) in [5, 5.41) is 10.6. The summed E-state index contributed by atoms with van der Waals surface area (Å²) in [6, 6.07) is 10.2. The summed E-state index contributed by atoms with van der Waals surface area (Å²) in [6.07, 6.45) is 8.26. The first kappa shape index (κ1) is 19.0. The quantitative estimate of drug-likeness (QED) is 0.673. The second kappa shape index (κ2) is 8.72. The Balaban J connectivity index is 1.66. The minimum Gasteiger partial charge on any atom is -0.512 e. The van der Waals surface area contributed by atoms with Crippen molar-refractivity contribution in [2.75, 3.05) is 6.61 Å². The molecule has 26 heavy (non-hydrogen) atoms. The third-order valence-electron chi connectivity index (χ3n) is 5.58. The van der Waals surface area contributed by atoms with Gasteiger partial charge in [-0.3, -0.25) is 0 Å². The van der Waals surface area contributed by atoms with Crippen LogP contribution in [0.5, 0.6) is 0 Å². The number of aryl methyl sites for hydroxylation is 1. The zero-order valence-electron chi connectivity index (χ0n) is 15.7. The molecule has 1 aromatic carbocycles. The molecule has 1 N–H and O–H groups in total. The van der Waals surface area contributed by atoms with Crippen LogP contribution in [0.25, 0.3) is 0 Å². The van der Waals surface area contributed by atoms with Crippen molar-refractivity contribution in [3.8, 4) is 0 Å². The number of esters is 1. The number of carbonyl (C=O) groups excluding carboxylic acids is 1. The standard InChI is InChI=1S/C22H30O4/c1-2-13-22(14-12-17-8-4-3-5-9-17)15-20(23)19(21(24)26-22)16-25-18-10-6-7-11-18/h3-5,8-9,18,23H,2,6-7,10-16H2,1H3. The number of carbonyl (C=O) groups is 1. The molecule has 142 valence electrons. The molecule has 4 nitrogen and oxygen atoms in total. The zero-order chi connectivity index (χ0) is 18.4. The zero-order valence-corrected chi connectivity index (χ0v) is 15.7. The highest BCUT2D eigenvalue weighted by Crippen LogP contribution is 2.37. The number of ether oxygens (including phenoxy) is 2. The molecule has 1 aliphatic carbocycles. The van der Waals surface area contributed by atoms with Crippen LogP contribution in [0.15, 0.2) is 41.7 Å². The fourth-order valence-electron chi connectivity index (χ4n) is 4.10. The predicted octanol–water partition coefficient (Wildman–Crippen LogP) is 4.88. The molecule has 1 unspecified atom stereocenters. The van der Waals surface area contributed by atoms with Crippen molar-refractivity contribution in [2.24, 2.45) is 0 Å². The fourth-order valence-corrected chi connectivity index (χ4v) is 4.10. The Morgan fingerprint density at radius 1 is 1.19 bits per heavy atom. The molecular formula is C22H30O4. The molecule has 1 atom stereocenters. The van der Waals surface area contributed by atoms with Gasteiger partial charge in [0.25, 0.3) is 0 Å². The van der Waals surface area contributed by atoms with E-state index in [4.69, 9.17) is 9.47 Å². The summed E-state index contributed by atoms with van der Waals surface area (Å²) in [6.45, 7) is 2.24. The van der Waals surface area contributed by atoms with Gasteiger partial charge in [-0.25, -0.2) is 4.79 Å². The van der Waals surface area contributed by atoms with Crippen molar-refractivity contribution in [1.82, 2.24) is 0 Å². The molecule has 0 spiro atoms. The third kappa shape index (κ3) is 4.67. The normalized spacial score (nSPS) is 24.1. The van der Waals surface area contributed by atoms with Crippen molar-refractivity contribution in [3.05, 3.63) is 47.2 Å². The molecule has 0 amide bonds. The molecule has 1 aliphatic heterocycles. The lowest BCUT2D eigenvalue weighted by molar-refractivity contribution is -0.162. The van der Waals surface area contributed by atoms with Crippen LogP contribution in [-0.4, -0.2) is 29.4 Å². The number of aliphatic hydroxyl groups excluding tert-OH is 1. The average molecular weight is 358 g/mol. The lowest BCUT2D eigenvalue weighted by Gasteiger charge is -2.37. The van der Waals surface area contributed by atoms with Gasteiger partial charge in [0.2, 0.25) is 0 Å². The highest BCUT2D eigenvalue weighted by atomic mass is 16.6. The van der Waals surface area contributed by atoms with E-state index >= 15 is 0 Å². The number of aliphatic hydroxyl groups is 1. The average Bonchev–Trinajstić information content (AvgIpc) is 3.14. The van der Waals surface area contributed by atoms with Gasteiger partial charge in [-0.2, -0.15) is 0 Å². The SMILES string of the molecule is CCCC1(CCc2ccccc2)CC(O)=C(COC2CCCC2)C(=O)O1. The van der Waals surface area contributed by atoms with Crippen LogP contribution in [0.1, 0.15) is 63.9 Å². The van der Waals surface area contributed by atoms with Crippen LogP contribution >= 0.6 is 0 Å². The van der Waals surface area contributed by atoms with Gasteiger partial charge in [-0.1, -0.05) is 56.5 Å². The number of hydrogen-bond acceptors (Lipinski definition) is 4. The Morgan fingerprint density at radius 2 is 1.92 bits per heavy atom. The van der Waals surface area contributed by atoms with Crippen LogP contribution in [-0.2, 0) is 20.7 Å². The molecule has 1 saturated carbocycles. The lowest BCUT2D eigenvalue weighted by atomic mass is 9.84. The highest BCUT2D eigenvalue weighted by Gasteiger charge is 2.41. The van der Waals surface area contributed by atoms with Gasteiger partial charge in [-0.05, 0) is 37.7 Å². The highest BCUT2D eigenvalue weighted by molar-refractivity contribution is 5.90. The van der Waals surface area contributed by atoms with Gasteiger partial charge in [0, 0.05) is 6.42 Å². The van der Waals surface area contributed by atoms with E-state index in [1.165, 1.54) is 18.4 Å². The third-order valence-corrected chi connectivity index (χ3v) is 5.58. The minimum absolute atomic E-state index is 0.153. The number of benzene rings is 1. The smallest absolute Gasteiger partial charge is 0.340 e. The topological polar surface area (TPSA) is 55.8 Å². The Hall–Kier alpha value is -1.81. The molecule has 0 saturated heterocycles. The summed E-state index contributed by atoms with van der Waals surface area (Å²) >= 11 is 0. The first-order valence-electron chi connectivity index (χ1n) is 9.92. The van der Waals surface area contributed by atoms with Gasteiger partial charge in [0.05, 0.1) is 12.7 Å². The Morgan fingerprint density at radius 3 is 2.58 bits per heavy atom. The van der Waals surface area contributed by atoms with Crippen LogP contribution in [0, 0.1) is 0 Å². The molecule has 4 heteroatoms. The summed E-state index contributed by atoms with van der Waals surface area (Å²) < 4.78 is 11.7. The monoisotopic (exact) mass is 358 g/mol. The van der Waals surface area contributed by atoms with Crippen molar-refractivity contribution in [2.45, 2.75) is 76.4 Å². The summed E-state index contributed by atoms with van der Waals surface area (Å²) in [5.41, 5.74) is 0.920. The minimum atomic E-state index is -0.609. The van der Waals surface area contributed by atoms with Crippen molar-refractivity contribution in [1.29, 1.82) is 0 Å². The molecule has 2 aliphatic rings. The van der Waals surface area contributed by atoms with E-state index < -0.39 is 11.6 Å². The number of rotatable bonds is 8. The molecule has 1 fully saturated rings. The van der Waals surface area contributed by atoms with E-state index in [0.717, 1.165) is 38.5 Å². The summed E-state index contributed by atoms with van der Waals surface area (Å²) in [5.74, 6) is -0.256. The Kier molecular flexibility index (Phi) is 6.36. The molecule has 1 heterocycles. The van der Waals surface area contributed by atoms with Crippen molar-refractivity contribution < 1.29 is 19.4 Å². The second-order valence-corrected chi connectivity index (χ2v) is 7.63. The van der Waals surface area contributed by atoms with E-state index in [9.17, 15) is 9.90 Å². The van der Waals surface area contributed by atoms with Crippen LogP contribution < -0.4 is 0 Å². The van der Waals surface area contributed by atoms with E-state index in [1.54, 1.807) is 0 Å². The van der Waals surface area contributed by atoms with E-state index in [0.29, 0.717) is 12.0 Å². The molecule has 0 radical (unpaired) electrons. The largest absolute Gasteiger partial charge is 0.512 e. The lowest BCUT2D eigenvalue weighted by Crippen LogP contribution is -2.41. The van der Waals surface area contributed by atoms with E-state index in [-0.39, 0.29) is 18.5 Å². The Labute approximate surface area is 156 Å². The second-order valence-electron chi connectivity index (χ2n) is 7.63. The molecule has 1 aromatic rings. The van der Waals surface area contributed by atoms with Crippen LogP contribution in [0.2, 0.25) is 0 Å². The Bertz CT molecular complexity index is 631. The fraction of sp³-hybridized carbons (Fsp3) is 0.591. The number of cyclic esters (lactones) is 1. The maximum atomic E-state index is 12.6.